The van der Waals surface area contributed by atoms with Gasteiger partial charge in [-0.2, -0.15) is 0 Å². The van der Waals surface area contributed by atoms with Gasteiger partial charge in [-0.15, -0.1) is 5.47 Å². The number of benzene rings is 1. The van der Waals surface area contributed by atoms with Crippen molar-refractivity contribution in [3.63, 3.8) is 0 Å². The van der Waals surface area contributed by atoms with E-state index in [1.54, 1.807) is 0 Å². The van der Waals surface area contributed by atoms with Crippen molar-refractivity contribution in [3.8, 4) is 0 Å². The molecular formula is C12H11B. The van der Waals surface area contributed by atoms with Crippen LogP contribution in [0.15, 0.2) is 48.0 Å². The third kappa shape index (κ3) is 1.92. The van der Waals surface area contributed by atoms with Crippen LogP contribution in [-0.2, 0) is 0 Å². The molecule has 1 aliphatic carbocycles. The zero-order chi connectivity index (χ0) is 9.10. The summed E-state index contributed by atoms with van der Waals surface area (Å²) in [5.74, 6) is 0. The Morgan fingerprint density at radius 1 is 1.08 bits per heavy atom. The van der Waals surface area contributed by atoms with Crippen LogP contribution < -0.4 is 0 Å². The fourth-order valence-electron chi connectivity index (χ4n) is 1.61. The fourth-order valence-corrected chi connectivity index (χ4v) is 1.61. The molecule has 1 heteroatoms. The molecular weight excluding hydrogens is 155 g/mol. The maximum Gasteiger partial charge on any atom is 0.113 e. The Balaban J connectivity index is 2.32. The van der Waals surface area contributed by atoms with Gasteiger partial charge in [0.05, 0.1) is 0 Å². The minimum absolute atomic E-state index is 0.894. The number of hydrogen-bond donors (Lipinski definition) is 0. The van der Waals surface area contributed by atoms with Crippen LogP contribution in [-0.4, -0.2) is 7.85 Å². The summed E-state index contributed by atoms with van der Waals surface area (Å²) in [5, 5.41) is 0. The second-order valence-electron chi connectivity index (χ2n) is 3.28. The third-order valence-corrected chi connectivity index (χ3v) is 2.28. The van der Waals surface area contributed by atoms with E-state index in [2.05, 4.69) is 36.4 Å². The van der Waals surface area contributed by atoms with Gasteiger partial charge >= 0.3 is 0 Å². The van der Waals surface area contributed by atoms with Crippen LogP contribution in [0.2, 0.25) is 0 Å². The van der Waals surface area contributed by atoms with Crippen LogP contribution in [0.25, 0.3) is 5.57 Å². The minimum atomic E-state index is 0.894. The smallest absolute Gasteiger partial charge is 0.100 e. The summed E-state index contributed by atoms with van der Waals surface area (Å²) < 4.78 is 0. The largest absolute Gasteiger partial charge is 0.113 e. The first kappa shape index (κ1) is 8.37. The van der Waals surface area contributed by atoms with Crippen molar-refractivity contribution in [1.29, 1.82) is 0 Å². The molecule has 0 bridgehead atoms. The minimum Gasteiger partial charge on any atom is -0.100 e. The van der Waals surface area contributed by atoms with Crippen molar-refractivity contribution < 1.29 is 0 Å². The van der Waals surface area contributed by atoms with E-state index in [-0.39, 0.29) is 0 Å². The first-order valence-corrected chi connectivity index (χ1v) is 4.58. The molecule has 0 fully saturated rings. The molecule has 1 aromatic rings. The Labute approximate surface area is 80.4 Å². The molecule has 2 radical (unpaired) electrons. The molecule has 62 valence electrons. The average molecular weight is 166 g/mol. The molecule has 0 aromatic heterocycles. The summed E-state index contributed by atoms with van der Waals surface area (Å²) >= 11 is 0. The molecule has 1 aliphatic rings. The van der Waals surface area contributed by atoms with Crippen LogP contribution in [0.1, 0.15) is 18.4 Å². The number of hydrogen-bond acceptors (Lipinski definition) is 0. The summed E-state index contributed by atoms with van der Waals surface area (Å²) in [6.45, 7) is 0. The molecule has 0 saturated carbocycles. The normalized spacial score (nSPS) is 16.3. The van der Waals surface area contributed by atoms with Gasteiger partial charge in [0, 0.05) is 0 Å². The number of rotatable bonds is 1. The SMILES string of the molecule is [B]C1=CCCC(c2ccccc2)=C1. The monoisotopic (exact) mass is 166 g/mol. The lowest BCUT2D eigenvalue weighted by molar-refractivity contribution is 1.05. The van der Waals surface area contributed by atoms with Crippen molar-refractivity contribution in [3.05, 3.63) is 53.5 Å². The van der Waals surface area contributed by atoms with Crippen molar-refractivity contribution >= 4 is 13.4 Å². The van der Waals surface area contributed by atoms with E-state index in [0.717, 1.165) is 18.3 Å². The van der Waals surface area contributed by atoms with Gasteiger partial charge in [-0.25, -0.2) is 0 Å². The second kappa shape index (κ2) is 3.65. The van der Waals surface area contributed by atoms with Gasteiger partial charge in [0.25, 0.3) is 0 Å². The first-order chi connectivity index (χ1) is 6.36. The summed E-state index contributed by atoms with van der Waals surface area (Å²) in [7, 11) is 5.75. The molecule has 2 rings (SSSR count). The van der Waals surface area contributed by atoms with E-state index in [9.17, 15) is 0 Å². The lowest BCUT2D eigenvalue weighted by Crippen LogP contribution is -1.91. The van der Waals surface area contributed by atoms with Crippen LogP contribution in [0.3, 0.4) is 0 Å². The molecule has 0 heterocycles. The highest BCUT2D eigenvalue weighted by molar-refractivity contribution is 6.24. The van der Waals surface area contributed by atoms with Crippen LogP contribution in [0.4, 0.5) is 0 Å². The topological polar surface area (TPSA) is 0 Å². The van der Waals surface area contributed by atoms with E-state index in [1.807, 2.05) is 6.07 Å². The Kier molecular flexibility index (Phi) is 2.35. The van der Waals surface area contributed by atoms with Crippen molar-refractivity contribution in [1.82, 2.24) is 0 Å². The average Bonchev–Trinajstić information content (AvgIpc) is 2.19. The molecule has 1 aromatic carbocycles. The molecule has 0 spiro atoms. The van der Waals surface area contributed by atoms with Crippen molar-refractivity contribution in [2.45, 2.75) is 12.8 Å². The van der Waals surface area contributed by atoms with Gasteiger partial charge in [-0.3, -0.25) is 0 Å². The summed E-state index contributed by atoms with van der Waals surface area (Å²) in [5.41, 5.74) is 3.53. The lowest BCUT2D eigenvalue weighted by atomic mass is 9.85. The van der Waals surface area contributed by atoms with Gasteiger partial charge in [0.1, 0.15) is 7.85 Å². The molecule has 0 unspecified atom stereocenters. The molecule has 0 saturated heterocycles. The van der Waals surface area contributed by atoms with E-state index in [0.29, 0.717) is 0 Å². The Bertz CT molecular complexity index is 347. The summed E-state index contributed by atoms with van der Waals surface area (Å²) in [6.07, 6.45) is 6.31. The van der Waals surface area contributed by atoms with E-state index >= 15 is 0 Å². The van der Waals surface area contributed by atoms with Crippen LogP contribution in [0, 0.1) is 0 Å². The highest BCUT2D eigenvalue weighted by atomic mass is 14.1. The third-order valence-electron chi connectivity index (χ3n) is 2.28. The van der Waals surface area contributed by atoms with E-state index in [1.165, 1.54) is 11.1 Å². The Morgan fingerprint density at radius 2 is 1.85 bits per heavy atom. The first-order valence-electron chi connectivity index (χ1n) is 4.58. The molecule has 13 heavy (non-hydrogen) atoms. The molecule has 0 N–H and O–H groups in total. The van der Waals surface area contributed by atoms with Gasteiger partial charge in [0.2, 0.25) is 0 Å². The Hall–Kier alpha value is -1.24. The van der Waals surface area contributed by atoms with Gasteiger partial charge in [-0.1, -0.05) is 42.5 Å². The molecule has 0 atom stereocenters. The highest BCUT2D eigenvalue weighted by Crippen LogP contribution is 2.24. The van der Waals surface area contributed by atoms with E-state index < -0.39 is 0 Å². The second-order valence-corrected chi connectivity index (χ2v) is 3.28. The molecule has 0 amide bonds. The Morgan fingerprint density at radius 3 is 2.54 bits per heavy atom. The van der Waals surface area contributed by atoms with E-state index in [4.69, 9.17) is 7.85 Å². The number of allylic oxidation sites excluding steroid dienone is 4. The quantitative estimate of drug-likeness (QED) is 0.562. The predicted octanol–water partition coefficient (Wildman–Crippen LogP) is 2.92. The van der Waals surface area contributed by atoms with Crippen LogP contribution in [0.5, 0.6) is 0 Å². The van der Waals surface area contributed by atoms with Crippen molar-refractivity contribution in [2.75, 3.05) is 0 Å². The highest BCUT2D eigenvalue weighted by Gasteiger charge is 2.03. The van der Waals surface area contributed by atoms with Crippen molar-refractivity contribution in [2.24, 2.45) is 0 Å². The molecule has 0 nitrogen and oxygen atoms in total. The lowest BCUT2D eigenvalue weighted by Gasteiger charge is -2.11. The maximum atomic E-state index is 5.75. The standard InChI is InChI=1S/C12H11B/c13-12-8-4-7-11(9-12)10-5-2-1-3-6-10/h1-3,5-6,8-9H,4,7H2. The summed E-state index contributed by atoms with van der Waals surface area (Å²) in [6, 6.07) is 10.4. The van der Waals surface area contributed by atoms with Gasteiger partial charge < -0.3 is 0 Å². The van der Waals surface area contributed by atoms with Gasteiger partial charge in [0.15, 0.2) is 0 Å². The van der Waals surface area contributed by atoms with Crippen LogP contribution >= 0.6 is 0 Å². The zero-order valence-corrected chi connectivity index (χ0v) is 7.53. The predicted molar refractivity (Wildman–Crippen MR) is 57.5 cm³/mol. The fraction of sp³-hybridized carbons (Fsp3) is 0.167. The van der Waals surface area contributed by atoms with Gasteiger partial charge in [-0.05, 0) is 24.0 Å². The maximum absolute atomic E-state index is 5.75. The molecule has 0 aliphatic heterocycles. The summed E-state index contributed by atoms with van der Waals surface area (Å²) in [4.78, 5) is 0. The zero-order valence-electron chi connectivity index (χ0n) is 7.53.